The van der Waals surface area contributed by atoms with Gasteiger partial charge in [-0.05, 0) is 13.3 Å². The summed E-state index contributed by atoms with van der Waals surface area (Å²) >= 11 is 0. The highest BCUT2D eigenvalue weighted by Crippen LogP contribution is 1.88. The van der Waals surface area contributed by atoms with Gasteiger partial charge in [-0.2, -0.15) is 0 Å². The molecule has 0 aromatic heterocycles. The number of amides is 1. The van der Waals surface area contributed by atoms with Gasteiger partial charge in [0.15, 0.2) is 0 Å². The molecule has 0 atom stereocenters. The lowest BCUT2D eigenvalue weighted by Gasteiger charge is -2.01. The highest BCUT2D eigenvalue weighted by atomic mass is 16.5. The van der Waals surface area contributed by atoms with E-state index in [9.17, 15) is 4.79 Å². The molecule has 0 rings (SSSR count). The molecule has 3 heteroatoms. The molecule has 0 aromatic carbocycles. The number of methoxy groups -OCH3 is 1. The highest BCUT2D eigenvalue weighted by Gasteiger charge is 1.98. The zero-order valence-electron chi connectivity index (χ0n) is 8.35. The van der Waals surface area contributed by atoms with Gasteiger partial charge in [-0.25, -0.2) is 0 Å². The Morgan fingerprint density at radius 1 is 1.54 bits per heavy atom. The lowest BCUT2D eigenvalue weighted by molar-refractivity contribution is -0.121. The van der Waals surface area contributed by atoms with Gasteiger partial charge in [0.25, 0.3) is 0 Å². The van der Waals surface area contributed by atoms with E-state index in [2.05, 4.69) is 17.2 Å². The third kappa shape index (κ3) is 8.90. The summed E-state index contributed by atoms with van der Waals surface area (Å²) in [6.45, 7) is 3.08. The summed E-state index contributed by atoms with van der Waals surface area (Å²) in [6.07, 6.45) is 2.04. The van der Waals surface area contributed by atoms with Crippen molar-refractivity contribution >= 4 is 5.91 Å². The molecule has 13 heavy (non-hydrogen) atoms. The molecule has 1 N–H and O–H groups in total. The number of nitrogens with one attached hydrogen (secondary N) is 1. The van der Waals surface area contributed by atoms with Crippen molar-refractivity contribution in [1.82, 2.24) is 5.32 Å². The maximum Gasteiger partial charge on any atom is 0.220 e. The van der Waals surface area contributed by atoms with Crippen molar-refractivity contribution in [3.8, 4) is 11.8 Å². The first-order valence-corrected chi connectivity index (χ1v) is 4.46. The molecule has 0 bridgehead atoms. The summed E-state index contributed by atoms with van der Waals surface area (Å²) in [6, 6.07) is 0. The van der Waals surface area contributed by atoms with Gasteiger partial charge in [0.1, 0.15) is 0 Å². The molecule has 1 amide bonds. The van der Waals surface area contributed by atoms with Crippen molar-refractivity contribution in [2.75, 3.05) is 20.3 Å². The van der Waals surface area contributed by atoms with Crippen LogP contribution in [-0.4, -0.2) is 26.2 Å². The Hall–Kier alpha value is -1.01. The molecule has 0 radical (unpaired) electrons. The average molecular weight is 183 g/mol. The van der Waals surface area contributed by atoms with E-state index in [0.29, 0.717) is 19.6 Å². The molecule has 0 spiro atoms. The third-order valence-electron chi connectivity index (χ3n) is 1.50. The van der Waals surface area contributed by atoms with Crippen molar-refractivity contribution in [1.29, 1.82) is 0 Å². The minimum absolute atomic E-state index is 0.0787. The fraction of sp³-hybridized carbons (Fsp3) is 0.700. The fourth-order valence-electron chi connectivity index (χ4n) is 0.855. The van der Waals surface area contributed by atoms with Crippen LogP contribution < -0.4 is 5.32 Å². The summed E-state index contributed by atoms with van der Waals surface area (Å²) in [5.41, 5.74) is 0. The lowest BCUT2D eigenvalue weighted by atomic mass is 10.3. The second-order valence-electron chi connectivity index (χ2n) is 2.62. The van der Waals surface area contributed by atoms with Crippen molar-refractivity contribution in [2.45, 2.75) is 26.2 Å². The normalized spacial score (nSPS) is 8.77. The Labute approximate surface area is 79.8 Å². The quantitative estimate of drug-likeness (QED) is 0.491. The maximum absolute atomic E-state index is 11.1. The van der Waals surface area contributed by atoms with Crippen molar-refractivity contribution < 1.29 is 9.53 Å². The van der Waals surface area contributed by atoms with Crippen LogP contribution in [0.1, 0.15) is 26.2 Å². The average Bonchev–Trinajstić information content (AvgIpc) is 2.13. The van der Waals surface area contributed by atoms with Gasteiger partial charge < -0.3 is 10.1 Å². The highest BCUT2D eigenvalue weighted by molar-refractivity contribution is 5.75. The summed E-state index contributed by atoms with van der Waals surface area (Å²) in [7, 11) is 1.63. The van der Waals surface area contributed by atoms with Gasteiger partial charge in [0.2, 0.25) is 5.91 Å². The van der Waals surface area contributed by atoms with Crippen LogP contribution in [0.2, 0.25) is 0 Å². The Kier molecular flexibility index (Phi) is 8.38. The summed E-state index contributed by atoms with van der Waals surface area (Å²) in [5.74, 6) is 5.73. The first-order chi connectivity index (χ1) is 6.31. The molecule has 0 saturated heterocycles. The molecular weight excluding hydrogens is 166 g/mol. The van der Waals surface area contributed by atoms with Crippen molar-refractivity contribution in [3.63, 3.8) is 0 Å². The third-order valence-corrected chi connectivity index (χ3v) is 1.50. The van der Waals surface area contributed by atoms with Crippen molar-refractivity contribution in [3.05, 3.63) is 0 Å². The fourth-order valence-corrected chi connectivity index (χ4v) is 0.855. The number of ether oxygens (including phenoxy) is 1. The number of carbonyl (C=O) groups is 1. The van der Waals surface area contributed by atoms with Gasteiger partial charge in [0, 0.05) is 33.1 Å². The largest absolute Gasteiger partial charge is 0.385 e. The van der Waals surface area contributed by atoms with Crippen molar-refractivity contribution in [2.24, 2.45) is 0 Å². The van der Waals surface area contributed by atoms with Crippen LogP contribution in [0.25, 0.3) is 0 Å². The molecule has 74 valence electrons. The Balaban J connectivity index is 3.23. The Morgan fingerprint density at radius 2 is 2.31 bits per heavy atom. The Bertz CT molecular complexity index is 191. The number of carbonyl (C=O) groups excluding carboxylic acids is 1. The smallest absolute Gasteiger partial charge is 0.220 e. The van der Waals surface area contributed by atoms with E-state index in [-0.39, 0.29) is 5.91 Å². The van der Waals surface area contributed by atoms with E-state index in [1.807, 2.05) is 0 Å². The number of hydrogen-bond acceptors (Lipinski definition) is 2. The van der Waals surface area contributed by atoms with E-state index in [4.69, 9.17) is 4.74 Å². The summed E-state index contributed by atoms with van der Waals surface area (Å²) in [5, 5.41) is 2.78. The second-order valence-corrected chi connectivity index (χ2v) is 2.62. The second kappa shape index (κ2) is 9.08. The topological polar surface area (TPSA) is 38.3 Å². The minimum Gasteiger partial charge on any atom is -0.385 e. The van der Waals surface area contributed by atoms with Crippen LogP contribution in [0.5, 0.6) is 0 Å². The van der Waals surface area contributed by atoms with Crippen LogP contribution in [-0.2, 0) is 9.53 Å². The molecule has 0 saturated carbocycles. The van der Waals surface area contributed by atoms with Crippen LogP contribution in [0, 0.1) is 11.8 Å². The number of hydrogen-bond donors (Lipinski definition) is 1. The predicted octanol–water partition coefficient (Wildman–Crippen LogP) is 0.943. The van der Waals surface area contributed by atoms with Gasteiger partial charge in [-0.15, -0.1) is 11.8 Å². The number of rotatable bonds is 6. The molecule has 0 heterocycles. The maximum atomic E-state index is 11.1. The van der Waals surface area contributed by atoms with Gasteiger partial charge >= 0.3 is 0 Å². The minimum atomic E-state index is 0.0787. The van der Waals surface area contributed by atoms with Gasteiger partial charge in [-0.1, -0.05) is 0 Å². The molecule has 0 aliphatic rings. The van der Waals surface area contributed by atoms with E-state index in [1.165, 1.54) is 0 Å². The van der Waals surface area contributed by atoms with E-state index in [1.54, 1.807) is 14.0 Å². The zero-order valence-corrected chi connectivity index (χ0v) is 8.35. The first-order valence-electron chi connectivity index (χ1n) is 4.46. The van der Waals surface area contributed by atoms with Crippen LogP contribution >= 0.6 is 0 Å². The van der Waals surface area contributed by atoms with Crippen LogP contribution in [0.3, 0.4) is 0 Å². The molecule has 0 unspecified atom stereocenters. The van der Waals surface area contributed by atoms with Crippen LogP contribution in [0.15, 0.2) is 0 Å². The van der Waals surface area contributed by atoms with Gasteiger partial charge in [0.05, 0.1) is 0 Å². The molecule has 0 aliphatic heterocycles. The molecule has 0 aliphatic carbocycles. The summed E-state index contributed by atoms with van der Waals surface area (Å²) in [4.78, 5) is 11.1. The van der Waals surface area contributed by atoms with E-state index >= 15 is 0 Å². The lowest BCUT2D eigenvalue weighted by Crippen LogP contribution is -2.24. The molecule has 0 fully saturated rings. The zero-order chi connectivity index (χ0) is 9.94. The predicted molar refractivity (Wildman–Crippen MR) is 52.2 cm³/mol. The first kappa shape index (κ1) is 12.0. The van der Waals surface area contributed by atoms with E-state index < -0.39 is 0 Å². The monoisotopic (exact) mass is 183 g/mol. The Morgan fingerprint density at radius 3 is 2.92 bits per heavy atom. The molecule has 0 aromatic rings. The molecular formula is C10H17NO2. The van der Waals surface area contributed by atoms with Gasteiger partial charge in [-0.3, -0.25) is 4.79 Å². The standard InChI is InChI=1S/C10H17NO2/c1-3-4-5-8-11-10(12)7-6-9-13-2/h5-9H2,1-2H3,(H,11,12). The van der Waals surface area contributed by atoms with Crippen LogP contribution in [0.4, 0.5) is 0 Å². The van der Waals surface area contributed by atoms with E-state index in [0.717, 1.165) is 12.8 Å². The molecule has 3 nitrogen and oxygen atoms in total. The SMILES string of the molecule is CC#CCCNC(=O)CCCOC. The summed E-state index contributed by atoms with van der Waals surface area (Å²) < 4.78 is 4.83.